The van der Waals surface area contributed by atoms with Gasteiger partial charge in [0.1, 0.15) is 4.60 Å². The summed E-state index contributed by atoms with van der Waals surface area (Å²) in [5.41, 5.74) is 1.42. The van der Waals surface area contributed by atoms with Gasteiger partial charge in [0.25, 0.3) is 0 Å². The second-order valence-electron chi connectivity index (χ2n) is 4.76. The molecule has 7 nitrogen and oxygen atoms in total. The molecule has 1 heterocycles. The van der Waals surface area contributed by atoms with Gasteiger partial charge in [-0.2, -0.15) is 0 Å². The number of aromatic nitrogens is 1. The highest BCUT2D eigenvalue weighted by atomic mass is 79.9. The van der Waals surface area contributed by atoms with E-state index in [0.717, 1.165) is 16.8 Å². The Morgan fingerprint density at radius 3 is 2.27 bits per heavy atom. The van der Waals surface area contributed by atoms with E-state index in [1.807, 2.05) is 25.4 Å². The summed E-state index contributed by atoms with van der Waals surface area (Å²) >= 11 is 3.31. The molecule has 0 atom stereocenters. The van der Waals surface area contributed by atoms with Gasteiger partial charge in [0, 0.05) is 24.2 Å². The Balaban J connectivity index is 0.000000261. The van der Waals surface area contributed by atoms with E-state index in [-0.39, 0.29) is 0 Å². The van der Waals surface area contributed by atoms with E-state index in [1.165, 1.54) is 12.8 Å². The molecular weight excluding hydrogens is 354 g/mol. The first-order valence-corrected chi connectivity index (χ1v) is 7.34. The second kappa shape index (κ2) is 8.50. The standard InChI is InChI=1S/C10H14BrN3.C4H4O4/c1-12-10(4-5-10)7-14-8-2-3-9(11)13-6-8;5-3(6)1-2-4(7)8/h2-3,6,12,14H,4-5,7H2,1H3;1-2H,(H,5,6)(H,7,8)/b;2-1+. The molecule has 0 amide bonds. The molecular formula is C14H18BrN3O4. The van der Waals surface area contributed by atoms with E-state index in [9.17, 15) is 9.59 Å². The number of nitrogens with one attached hydrogen (secondary N) is 2. The molecule has 0 aromatic carbocycles. The van der Waals surface area contributed by atoms with E-state index in [0.29, 0.717) is 17.7 Å². The molecule has 0 unspecified atom stereocenters. The van der Waals surface area contributed by atoms with Crippen LogP contribution in [0.5, 0.6) is 0 Å². The van der Waals surface area contributed by atoms with E-state index in [2.05, 4.69) is 31.5 Å². The molecule has 1 aliphatic rings. The smallest absolute Gasteiger partial charge is 0.328 e. The Bertz CT molecular complexity index is 526. The number of nitrogens with zero attached hydrogens (tertiary/aromatic N) is 1. The zero-order valence-corrected chi connectivity index (χ0v) is 13.6. The maximum Gasteiger partial charge on any atom is 0.328 e. The monoisotopic (exact) mass is 371 g/mol. The summed E-state index contributed by atoms with van der Waals surface area (Å²) in [5, 5.41) is 22.3. The molecule has 0 spiro atoms. The van der Waals surface area contributed by atoms with Crippen LogP contribution in [0.3, 0.4) is 0 Å². The Morgan fingerprint density at radius 2 is 1.91 bits per heavy atom. The summed E-state index contributed by atoms with van der Waals surface area (Å²) in [4.78, 5) is 23.3. The molecule has 1 aromatic heterocycles. The van der Waals surface area contributed by atoms with Crippen molar-refractivity contribution in [3.05, 3.63) is 35.1 Å². The molecule has 0 aliphatic heterocycles. The number of carboxylic acid groups (broad SMARTS) is 2. The Labute approximate surface area is 136 Å². The van der Waals surface area contributed by atoms with Gasteiger partial charge in [-0.3, -0.25) is 0 Å². The van der Waals surface area contributed by atoms with Gasteiger partial charge in [0.2, 0.25) is 0 Å². The maximum atomic E-state index is 9.55. The van der Waals surface area contributed by atoms with Crippen molar-refractivity contribution >= 4 is 33.6 Å². The summed E-state index contributed by atoms with van der Waals surface area (Å²) < 4.78 is 0.873. The predicted octanol–water partition coefficient (Wildman–Crippen LogP) is 1.72. The third kappa shape index (κ3) is 7.19. The van der Waals surface area contributed by atoms with Crippen molar-refractivity contribution < 1.29 is 19.8 Å². The third-order valence-corrected chi connectivity index (χ3v) is 3.58. The van der Waals surface area contributed by atoms with Gasteiger partial charge >= 0.3 is 11.9 Å². The number of pyridine rings is 1. The lowest BCUT2D eigenvalue weighted by atomic mass is 10.2. The van der Waals surface area contributed by atoms with E-state index in [4.69, 9.17) is 10.2 Å². The fourth-order valence-electron chi connectivity index (χ4n) is 1.56. The van der Waals surface area contributed by atoms with Crippen LogP contribution in [0.15, 0.2) is 35.1 Å². The number of aliphatic carboxylic acids is 2. The van der Waals surface area contributed by atoms with Crippen LogP contribution in [-0.2, 0) is 9.59 Å². The van der Waals surface area contributed by atoms with Gasteiger partial charge < -0.3 is 20.8 Å². The largest absolute Gasteiger partial charge is 0.478 e. The highest BCUT2D eigenvalue weighted by Gasteiger charge is 2.40. The van der Waals surface area contributed by atoms with E-state index >= 15 is 0 Å². The van der Waals surface area contributed by atoms with Crippen LogP contribution in [0.25, 0.3) is 0 Å². The average Bonchev–Trinajstić information content (AvgIpc) is 3.26. The first kappa shape index (κ1) is 18.1. The lowest BCUT2D eigenvalue weighted by Crippen LogP contribution is -2.34. The van der Waals surface area contributed by atoms with Crippen molar-refractivity contribution in [1.29, 1.82) is 0 Å². The van der Waals surface area contributed by atoms with Crippen molar-refractivity contribution in [3.8, 4) is 0 Å². The molecule has 0 radical (unpaired) electrons. The van der Waals surface area contributed by atoms with E-state index < -0.39 is 11.9 Å². The van der Waals surface area contributed by atoms with Crippen LogP contribution in [0.1, 0.15) is 12.8 Å². The SMILES string of the molecule is CNC1(CNc2ccc(Br)nc2)CC1.O=C(O)/C=C/C(=O)O. The second-order valence-corrected chi connectivity index (χ2v) is 5.58. The zero-order valence-electron chi connectivity index (χ0n) is 12.0. The minimum atomic E-state index is -1.26. The Hall–Kier alpha value is -1.93. The highest BCUT2D eigenvalue weighted by molar-refractivity contribution is 9.10. The maximum absolute atomic E-state index is 9.55. The van der Waals surface area contributed by atoms with Crippen molar-refractivity contribution in [2.75, 3.05) is 18.9 Å². The Morgan fingerprint density at radius 1 is 1.32 bits per heavy atom. The van der Waals surface area contributed by atoms with Crippen LogP contribution in [0, 0.1) is 0 Å². The number of likely N-dealkylation sites (N-methyl/N-ethyl adjacent to an activating group) is 1. The van der Waals surface area contributed by atoms with Gasteiger partial charge in [-0.05, 0) is 48.0 Å². The summed E-state index contributed by atoms with van der Waals surface area (Å²) in [7, 11) is 2.02. The number of rotatable bonds is 6. The first-order valence-electron chi connectivity index (χ1n) is 6.55. The molecule has 0 saturated heterocycles. The first-order chi connectivity index (χ1) is 10.4. The van der Waals surface area contributed by atoms with Gasteiger partial charge in [0.15, 0.2) is 0 Å². The molecule has 120 valence electrons. The fourth-order valence-corrected chi connectivity index (χ4v) is 1.79. The molecule has 8 heteroatoms. The number of anilines is 1. The van der Waals surface area contributed by atoms with Crippen LogP contribution < -0.4 is 10.6 Å². The van der Waals surface area contributed by atoms with Gasteiger partial charge in [-0.1, -0.05) is 0 Å². The number of hydrogen-bond acceptors (Lipinski definition) is 5. The van der Waals surface area contributed by atoms with Crippen molar-refractivity contribution in [3.63, 3.8) is 0 Å². The average molecular weight is 372 g/mol. The Kier molecular flexibility index (Phi) is 7.00. The van der Waals surface area contributed by atoms with Crippen molar-refractivity contribution in [1.82, 2.24) is 10.3 Å². The van der Waals surface area contributed by atoms with Crippen LogP contribution >= 0.6 is 15.9 Å². The van der Waals surface area contributed by atoms with Gasteiger partial charge in [0.05, 0.1) is 11.9 Å². The molecule has 1 aromatic rings. The van der Waals surface area contributed by atoms with Crippen molar-refractivity contribution in [2.45, 2.75) is 18.4 Å². The van der Waals surface area contributed by atoms with Crippen molar-refractivity contribution in [2.24, 2.45) is 0 Å². The normalized spacial score (nSPS) is 14.8. The summed E-state index contributed by atoms with van der Waals surface area (Å²) in [5.74, 6) is -2.51. The minimum absolute atomic E-state index is 0.340. The van der Waals surface area contributed by atoms with Gasteiger partial charge in [-0.15, -0.1) is 0 Å². The lowest BCUT2D eigenvalue weighted by Gasteiger charge is -2.15. The molecule has 2 rings (SSSR count). The molecule has 0 bridgehead atoms. The molecule has 4 N–H and O–H groups in total. The molecule has 1 aliphatic carbocycles. The van der Waals surface area contributed by atoms with E-state index in [1.54, 1.807) is 0 Å². The molecule has 1 saturated carbocycles. The molecule has 1 fully saturated rings. The number of carbonyl (C=O) groups is 2. The minimum Gasteiger partial charge on any atom is -0.478 e. The summed E-state index contributed by atoms with van der Waals surface area (Å²) in [6.07, 6.45) is 5.49. The van der Waals surface area contributed by atoms with Crippen LogP contribution in [0.2, 0.25) is 0 Å². The number of halogens is 1. The lowest BCUT2D eigenvalue weighted by molar-refractivity contribution is -0.134. The van der Waals surface area contributed by atoms with Crippen LogP contribution in [0.4, 0.5) is 5.69 Å². The molecule has 22 heavy (non-hydrogen) atoms. The van der Waals surface area contributed by atoms with Gasteiger partial charge in [-0.25, -0.2) is 14.6 Å². The number of carboxylic acids is 2. The fraction of sp³-hybridized carbons (Fsp3) is 0.357. The zero-order chi connectivity index (χ0) is 16.6. The van der Waals surface area contributed by atoms with Crippen LogP contribution in [-0.4, -0.2) is 46.3 Å². The summed E-state index contributed by atoms with van der Waals surface area (Å²) in [6.45, 7) is 0.979. The predicted molar refractivity (Wildman–Crippen MR) is 85.9 cm³/mol. The quantitative estimate of drug-likeness (QED) is 0.444. The third-order valence-electron chi connectivity index (χ3n) is 3.11. The summed E-state index contributed by atoms with van der Waals surface area (Å²) in [6, 6.07) is 3.98. The topological polar surface area (TPSA) is 112 Å². The highest BCUT2D eigenvalue weighted by Crippen LogP contribution is 2.34. The number of hydrogen-bond donors (Lipinski definition) is 4.